The minimum atomic E-state index is -1.02. The summed E-state index contributed by atoms with van der Waals surface area (Å²) in [5.74, 6) is 0. The molecule has 0 radical (unpaired) electrons. The Morgan fingerprint density at radius 3 is 2.35 bits per heavy atom. The van der Waals surface area contributed by atoms with Crippen LogP contribution in [0.2, 0.25) is 0 Å². The van der Waals surface area contributed by atoms with E-state index in [-0.39, 0.29) is 19.3 Å². The monoisotopic (exact) mass is 252 g/mol. The fraction of sp³-hybridized carbons (Fsp3) is 0.889. The summed E-state index contributed by atoms with van der Waals surface area (Å²) in [7, 11) is 1.48. The number of carbonyl (C=O) groups is 1. The molecule has 0 aliphatic heterocycles. The van der Waals surface area contributed by atoms with Crippen LogP contribution >= 0.6 is 0 Å². The second kappa shape index (κ2) is 8.20. The summed E-state index contributed by atoms with van der Waals surface area (Å²) in [4.78, 5) is 15.9. The number of hydrazine groups is 1. The Balaban J connectivity index is 3.92. The second-order valence-corrected chi connectivity index (χ2v) is 3.57. The Kier molecular flexibility index (Phi) is 7.75. The molecule has 0 aliphatic rings. The largest absolute Gasteiger partial charge is 0.510 e. The normalized spacial score (nSPS) is 13.2. The van der Waals surface area contributed by atoms with Gasteiger partial charge in [0, 0.05) is 25.9 Å². The van der Waals surface area contributed by atoms with Crippen LogP contribution in [0.1, 0.15) is 20.8 Å². The molecule has 8 heteroatoms. The molecule has 0 spiro atoms. The van der Waals surface area contributed by atoms with Crippen molar-refractivity contribution in [3.63, 3.8) is 0 Å². The van der Waals surface area contributed by atoms with Gasteiger partial charge in [0.25, 0.3) is 0 Å². The van der Waals surface area contributed by atoms with Gasteiger partial charge in [-0.2, -0.15) is 5.01 Å². The highest BCUT2D eigenvalue weighted by molar-refractivity contribution is 5.60. The second-order valence-electron chi connectivity index (χ2n) is 3.57. The lowest BCUT2D eigenvalue weighted by Gasteiger charge is -2.26. The topological polar surface area (TPSA) is 91.7 Å². The molecule has 0 aromatic carbocycles. The summed E-state index contributed by atoms with van der Waals surface area (Å²) in [6.45, 7) is 4.79. The van der Waals surface area contributed by atoms with Crippen molar-refractivity contribution in [3.05, 3.63) is 0 Å². The molecule has 0 aromatic heterocycles. The average Bonchev–Trinajstić information content (AvgIpc) is 2.15. The maximum atomic E-state index is 11.1. The Morgan fingerprint density at radius 2 is 1.88 bits per heavy atom. The number of ether oxygens (including phenoxy) is 2. The molecular formula is C9H20N2O6. The third-order valence-electron chi connectivity index (χ3n) is 1.55. The van der Waals surface area contributed by atoms with E-state index in [1.54, 1.807) is 13.8 Å². The smallest absolute Gasteiger partial charge is 0.432 e. The van der Waals surface area contributed by atoms with E-state index < -0.39 is 12.4 Å². The molecule has 0 rings (SSSR count). The van der Waals surface area contributed by atoms with Gasteiger partial charge < -0.3 is 14.6 Å². The van der Waals surface area contributed by atoms with Crippen LogP contribution in [0, 0.1) is 0 Å². The molecule has 17 heavy (non-hydrogen) atoms. The summed E-state index contributed by atoms with van der Waals surface area (Å²) in [6.07, 6.45) is -2.20. The molecule has 0 bridgehead atoms. The zero-order valence-electron chi connectivity index (χ0n) is 10.5. The predicted molar refractivity (Wildman–Crippen MR) is 56.6 cm³/mol. The molecule has 1 unspecified atom stereocenters. The van der Waals surface area contributed by atoms with Crippen LogP contribution < -0.4 is 0 Å². The van der Waals surface area contributed by atoms with Gasteiger partial charge in [-0.3, -0.25) is 5.21 Å². The van der Waals surface area contributed by atoms with E-state index in [4.69, 9.17) is 14.7 Å². The lowest BCUT2D eigenvalue weighted by molar-refractivity contribution is -0.469. The molecule has 8 nitrogen and oxygen atoms in total. The number of aliphatic hydroxyl groups is 1. The van der Waals surface area contributed by atoms with Crippen molar-refractivity contribution in [2.75, 3.05) is 20.2 Å². The first-order valence-electron chi connectivity index (χ1n) is 5.21. The van der Waals surface area contributed by atoms with Crippen molar-refractivity contribution in [1.82, 2.24) is 10.3 Å². The highest BCUT2D eigenvalue weighted by Gasteiger charge is 2.17. The number of likely N-dealkylation sites (N-methyl/N-ethyl adjacent to an activating group) is 1. The van der Waals surface area contributed by atoms with Crippen LogP contribution in [0.15, 0.2) is 0 Å². The van der Waals surface area contributed by atoms with Gasteiger partial charge in [-0.25, -0.2) is 9.63 Å². The number of aliphatic hydroxyl groups excluding tert-OH is 1. The van der Waals surface area contributed by atoms with Gasteiger partial charge in [-0.15, -0.1) is 0 Å². The summed E-state index contributed by atoms with van der Waals surface area (Å²) in [5, 5.41) is 19.5. The van der Waals surface area contributed by atoms with Gasteiger partial charge in [-0.05, 0) is 13.8 Å². The van der Waals surface area contributed by atoms with Gasteiger partial charge in [0.1, 0.15) is 0 Å². The van der Waals surface area contributed by atoms with Crippen LogP contribution in [0.25, 0.3) is 0 Å². The Bertz CT molecular complexity index is 226. The molecule has 0 saturated heterocycles. The fourth-order valence-electron chi connectivity index (χ4n) is 0.821. The zero-order chi connectivity index (χ0) is 13.4. The summed E-state index contributed by atoms with van der Waals surface area (Å²) < 4.78 is 9.40. The van der Waals surface area contributed by atoms with Gasteiger partial charge >= 0.3 is 6.16 Å². The molecule has 0 saturated carbocycles. The van der Waals surface area contributed by atoms with Gasteiger partial charge in [0.05, 0.1) is 12.7 Å². The van der Waals surface area contributed by atoms with Crippen LogP contribution in [-0.2, 0) is 14.3 Å². The van der Waals surface area contributed by atoms with Gasteiger partial charge in [-0.1, -0.05) is 0 Å². The van der Waals surface area contributed by atoms with Crippen molar-refractivity contribution < 1.29 is 29.4 Å². The highest BCUT2D eigenvalue weighted by atomic mass is 17.0. The first-order valence-corrected chi connectivity index (χ1v) is 5.21. The molecule has 0 aliphatic carbocycles. The number of carbonyl (C=O) groups excluding carboxylic acids is 1. The van der Waals surface area contributed by atoms with Crippen molar-refractivity contribution in [3.8, 4) is 0 Å². The first kappa shape index (κ1) is 16.1. The first-order chi connectivity index (χ1) is 7.86. The molecular weight excluding hydrogens is 232 g/mol. The maximum absolute atomic E-state index is 11.1. The third-order valence-corrected chi connectivity index (χ3v) is 1.55. The van der Waals surface area contributed by atoms with E-state index in [1.165, 1.54) is 19.0 Å². The summed E-state index contributed by atoms with van der Waals surface area (Å²) >= 11 is 0. The SMILES string of the molecule is CC(C)OC(=O)OC(C)ON(O)N(C)CCO. The molecule has 0 heterocycles. The quantitative estimate of drug-likeness (QED) is 0.381. The maximum Gasteiger partial charge on any atom is 0.510 e. The van der Waals surface area contributed by atoms with Crippen molar-refractivity contribution >= 4 is 6.16 Å². The Labute approximate surface area is 100 Å². The average molecular weight is 252 g/mol. The van der Waals surface area contributed by atoms with Crippen LogP contribution in [0.5, 0.6) is 0 Å². The van der Waals surface area contributed by atoms with E-state index >= 15 is 0 Å². The Hall–Kier alpha value is -0.930. The minimum absolute atomic E-state index is 0.151. The number of nitrogens with zero attached hydrogens (tertiary/aromatic N) is 2. The molecule has 0 fully saturated rings. The van der Waals surface area contributed by atoms with E-state index in [9.17, 15) is 10.0 Å². The zero-order valence-corrected chi connectivity index (χ0v) is 10.5. The minimum Gasteiger partial charge on any atom is -0.432 e. The van der Waals surface area contributed by atoms with E-state index in [0.717, 1.165) is 0 Å². The third kappa shape index (κ3) is 7.88. The van der Waals surface area contributed by atoms with Crippen LogP contribution in [-0.4, -0.2) is 59.4 Å². The summed E-state index contributed by atoms with van der Waals surface area (Å²) in [6, 6.07) is 0. The van der Waals surface area contributed by atoms with Crippen molar-refractivity contribution in [2.45, 2.75) is 33.2 Å². The van der Waals surface area contributed by atoms with Gasteiger partial charge in [0.2, 0.25) is 6.29 Å². The van der Waals surface area contributed by atoms with Crippen LogP contribution in [0.3, 0.4) is 0 Å². The number of hydrogen-bond donors (Lipinski definition) is 2. The Morgan fingerprint density at radius 1 is 1.29 bits per heavy atom. The highest BCUT2D eigenvalue weighted by Crippen LogP contribution is 2.02. The van der Waals surface area contributed by atoms with E-state index in [1.807, 2.05) is 0 Å². The molecule has 1 atom stereocenters. The van der Waals surface area contributed by atoms with Crippen molar-refractivity contribution in [1.29, 1.82) is 0 Å². The molecule has 0 aromatic rings. The van der Waals surface area contributed by atoms with Gasteiger partial charge in [0.15, 0.2) is 0 Å². The number of hydrogen-bond acceptors (Lipinski definition) is 8. The lowest BCUT2D eigenvalue weighted by atomic mass is 10.5. The predicted octanol–water partition coefficient (Wildman–Crippen LogP) is 0.356. The van der Waals surface area contributed by atoms with E-state index in [2.05, 4.69) is 4.74 Å². The van der Waals surface area contributed by atoms with E-state index in [0.29, 0.717) is 5.34 Å². The number of rotatable bonds is 7. The van der Waals surface area contributed by atoms with Crippen LogP contribution in [0.4, 0.5) is 4.79 Å². The summed E-state index contributed by atoms with van der Waals surface area (Å²) in [5.41, 5.74) is 0. The molecule has 102 valence electrons. The molecule has 0 amide bonds. The van der Waals surface area contributed by atoms with Crippen molar-refractivity contribution in [2.24, 2.45) is 0 Å². The lowest BCUT2D eigenvalue weighted by Crippen LogP contribution is -2.41. The molecule has 2 N–H and O–H groups in total. The standard InChI is InChI=1S/C9H20N2O6/c1-7(2)15-9(13)16-8(3)17-11(14)10(4)5-6-12/h7-8,12,14H,5-6H2,1-4H3. The fourth-order valence-corrected chi connectivity index (χ4v) is 0.821.